The van der Waals surface area contributed by atoms with E-state index in [9.17, 15) is 19.2 Å². The average Bonchev–Trinajstić information content (AvgIpc) is 2.80. The van der Waals surface area contributed by atoms with Gasteiger partial charge in [-0.1, -0.05) is 27.7 Å². The van der Waals surface area contributed by atoms with Gasteiger partial charge < -0.3 is 19.4 Å². The molecule has 0 saturated carbocycles. The molecule has 0 bridgehead atoms. The zero-order valence-corrected chi connectivity index (χ0v) is 22.0. The van der Waals surface area contributed by atoms with E-state index >= 15 is 0 Å². The van der Waals surface area contributed by atoms with Gasteiger partial charge >= 0.3 is 17.8 Å². The van der Waals surface area contributed by atoms with Gasteiger partial charge in [0.05, 0.1) is 19.3 Å². The Morgan fingerprint density at radius 3 is 2.18 bits per heavy atom. The van der Waals surface area contributed by atoms with Crippen LogP contribution in [0.2, 0.25) is 0 Å². The fraction of sp³-hybridized carbons (Fsp3) is 0.565. The molecular weight excluding hydrogens is 442 g/mol. The predicted octanol–water partition coefficient (Wildman–Crippen LogP) is 2.43. The molecule has 2 rings (SSSR count). The number of rotatable bonds is 4. The van der Waals surface area contributed by atoms with Crippen LogP contribution in [-0.4, -0.2) is 50.4 Å². The van der Waals surface area contributed by atoms with Crippen molar-refractivity contribution in [2.45, 2.75) is 67.5 Å². The minimum absolute atomic E-state index is 0.162. The summed E-state index contributed by atoms with van der Waals surface area (Å²) in [5.74, 6) is -0.508. The highest BCUT2D eigenvalue weighted by atomic mass is 16.6. The van der Waals surface area contributed by atoms with Crippen molar-refractivity contribution in [2.75, 3.05) is 13.7 Å². The molecule has 1 amide bonds. The smallest absolute Gasteiger partial charge is 0.408 e. The minimum Gasteiger partial charge on any atom is -0.468 e. The molecular formula is C23H39N5O6. The summed E-state index contributed by atoms with van der Waals surface area (Å²) in [6.45, 7) is 15.0. The van der Waals surface area contributed by atoms with Crippen LogP contribution in [0, 0.1) is 6.92 Å². The molecule has 2 aromatic rings. The van der Waals surface area contributed by atoms with Gasteiger partial charge in [0, 0.05) is 25.0 Å². The SMILES string of the molecule is CC.CC.COC(=O)CNC(=O)OC(C)(C)C.Cc1cc(Cn2c(=O)ccn(C)c2=O)ncn1. The molecule has 2 heterocycles. The van der Waals surface area contributed by atoms with Crippen molar-refractivity contribution >= 4 is 12.1 Å². The van der Waals surface area contributed by atoms with E-state index in [1.807, 2.05) is 34.6 Å². The van der Waals surface area contributed by atoms with E-state index < -0.39 is 17.7 Å². The standard InChI is InChI=1S/C11H12N4O2.C8H15NO4.2C2H6/c1-8-5-9(13-7-12-8)6-15-10(16)3-4-14(2)11(15)17;1-8(2,3)13-7(11)9-5-6(10)12-4;2*1-2/h3-5,7H,6H2,1-2H3;5H2,1-4H3,(H,9,11);2*1-2H3. The number of hydrogen-bond acceptors (Lipinski definition) is 8. The van der Waals surface area contributed by atoms with Crippen LogP contribution in [0.4, 0.5) is 4.79 Å². The average molecular weight is 482 g/mol. The Labute approximate surface area is 201 Å². The molecule has 0 unspecified atom stereocenters. The first-order valence-corrected chi connectivity index (χ1v) is 11.0. The molecule has 1 N–H and O–H groups in total. The highest BCUT2D eigenvalue weighted by Crippen LogP contribution is 2.06. The highest BCUT2D eigenvalue weighted by Gasteiger charge is 2.16. The second kappa shape index (κ2) is 17.0. The summed E-state index contributed by atoms with van der Waals surface area (Å²) in [4.78, 5) is 52.9. The first-order chi connectivity index (χ1) is 15.9. The van der Waals surface area contributed by atoms with E-state index in [1.54, 1.807) is 33.9 Å². The van der Waals surface area contributed by atoms with Crippen molar-refractivity contribution in [3.8, 4) is 0 Å². The molecule has 0 fully saturated rings. The number of ether oxygens (including phenoxy) is 2. The number of aryl methyl sites for hydroxylation is 2. The van der Waals surface area contributed by atoms with Gasteiger partial charge in [-0.15, -0.1) is 0 Å². The van der Waals surface area contributed by atoms with Crippen molar-refractivity contribution < 1.29 is 19.1 Å². The Kier molecular flexibility index (Phi) is 16.4. The number of alkyl carbamates (subject to hydrolysis) is 1. The summed E-state index contributed by atoms with van der Waals surface area (Å²) in [6.07, 6.45) is 2.24. The van der Waals surface area contributed by atoms with E-state index in [2.05, 4.69) is 20.0 Å². The number of carbonyl (C=O) groups excluding carboxylic acids is 2. The molecule has 0 aliphatic carbocycles. The first kappa shape index (κ1) is 32.7. The molecule has 11 heteroatoms. The monoisotopic (exact) mass is 481 g/mol. The molecule has 0 aliphatic rings. The normalized spacial score (nSPS) is 9.59. The number of amides is 1. The Hall–Kier alpha value is -3.50. The number of hydrogen-bond donors (Lipinski definition) is 1. The number of aromatic nitrogens is 4. The second-order valence-corrected chi connectivity index (χ2v) is 7.22. The van der Waals surface area contributed by atoms with Crippen molar-refractivity contribution in [2.24, 2.45) is 7.05 Å². The minimum atomic E-state index is -0.627. The number of nitrogens with one attached hydrogen (secondary N) is 1. The fourth-order valence-corrected chi connectivity index (χ4v) is 2.05. The fourth-order valence-electron chi connectivity index (χ4n) is 2.05. The Morgan fingerprint density at radius 1 is 1.09 bits per heavy atom. The summed E-state index contributed by atoms with van der Waals surface area (Å²) in [6, 6.07) is 3.11. The third-order valence-corrected chi connectivity index (χ3v) is 3.42. The lowest BCUT2D eigenvalue weighted by Crippen LogP contribution is -2.38. The number of esters is 1. The topological polar surface area (TPSA) is 134 Å². The summed E-state index contributed by atoms with van der Waals surface area (Å²) in [7, 11) is 2.85. The van der Waals surface area contributed by atoms with Crippen LogP contribution in [0.5, 0.6) is 0 Å². The van der Waals surface area contributed by atoms with Crippen LogP contribution in [0.25, 0.3) is 0 Å². The Morgan fingerprint density at radius 2 is 1.68 bits per heavy atom. The molecule has 0 saturated heterocycles. The van der Waals surface area contributed by atoms with Crippen molar-refractivity contribution in [1.29, 1.82) is 0 Å². The highest BCUT2D eigenvalue weighted by molar-refractivity contribution is 5.77. The molecule has 0 radical (unpaired) electrons. The van der Waals surface area contributed by atoms with E-state index in [4.69, 9.17) is 4.74 Å². The second-order valence-electron chi connectivity index (χ2n) is 7.22. The van der Waals surface area contributed by atoms with Gasteiger partial charge in [0.2, 0.25) is 0 Å². The largest absolute Gasteiger partial charge is 0.468 e. The lowest BCUT2D eigenvalue weighted by molar-refractivity contribution is -0.139. The first-order valence-electron chi connectivity index (χ1n) is 11.0. The maximum atomic E-state index is 11.8. The molecule has 0 atom stereocenters. The van der Waals surface area contributed by atoms with Gasteiger partial charge in [0.15, 0.2) is 0 Å². The molecule has 0 spiro atoms. The summed E-state index contributed by atoms with van der Waals surface area (Å²) >= 11 is 0. The molecule has 192 valence electrons. The third-order valence-electron chi connectivity index (χ3n) is 3.42. The van der Waals surface area contributed by atoms with Crippen LogP contribution >= 0.6 is 0 Å². The quantitative estimate of drug-likeness (QED) is 0.658. The predicted molar refractivity (Wildman–Crippen MR) is 131 cm³/mol. The van der Waals surface area contributed by atoms with E-state index in [-0.39, 0.29) is 24.3 Å². The van der Waals surface area contributed by atoms with E-state index in [1.165, 1.54) is 30.3 Å². The lowest BCUT2D eigenvalue weighted by atomic mass is 10.2. The lowest BCUT2D eigenvalue weighted by Gasteiger charge is -2.19. The Bertz CT molecular complexity index is 992. The number of nitrogens with zero attached hydrogens (tertiary/aromatic N) is 4. The van der Waals surface area contributed by atoms with Crippen LogP contribution in [0.15, 0.2) is 34.2 Å². The van der Waals surface area contributed by atoms with E-state index in [0.29, 0.717) is 5.69 Å². The summed E-state index contributed by atoms with van der Waals surface area (Å²) < 4.78 is 11.7. The van der Waals surface area contributed by atoms with Crippen molar-refractivity contribution in [3.05, 3.63) is 56.9 Å². The molecule has 2 aromatic heterocycles. The van der Waals surface area contributed by atoms with Crippen LogP contribution < -0.4 is 16.6 Å². The van der Waals surface area contributed by atoms with Gasteiger partial charge in [-0.2, -0.15) is 0 Å². The van der Waals surface area contributed by atoms with Crippen molar-refractivity contribution in [1.82, 2.24) is 24.4 Å². The molecule has 11 nitrogen and oxygen atoms in total. The zero-order valence-electron chi connectivity index (χ0n) is 22.0. The van der Waals surface area contributed by atoms with Crippen molar-refractivity contribution in [3.63, 3.8) is 0 Å². The summed E-state index contributed by atoms with van der Waals surface area (Å²) in [5, 5.41) is 2.25. The van der Waals surface area contributed by atoms with Gasteiger partial charge in [-0.3, -0.25) is 14.2 Å². The zero-order chi connectivity index (χ0) is 26.9. The van der Waals surface area contributed by atoms with Crippen LogP contribution in [-0.2, 0) is 27.9 Å². The van der Waals surface area contributed by atoms with Gasteiger partial charge in [-0.25, -0.2) is 19.6 Å². The number of carbonyl (C=O) groups is 2. The van der Waals surface area contributed by atoms with Crippen LogP contribution in [0.3, 0.4) is 0 Å². The molecule has 0 aliphatic heterocycles. The molecule has 34 heavy (non-hydrogen) atoms. The Balaban J connectivity index is 0. The van der Waals surface area contributed by atoms with Gasteiger partial charge in [0.25, 0.3) is 5.56 Å². The summed E-state index contributed by atoms with van der Waals surface area (Å²) in [5.41, 5.74) is 0.206. The third kappa shape index (κ3) is 13.8. The molecule has 0 aromatic carbocycles. The maximum absolute atomic E-state index is 11.8. The maximum Gasteiger partial charge on any atom is 0.408 e. The van der Waals surface area contributed by atoms with Gasteiger partial charge in [-0.05, 0) is 33.8 Å². The number of methoxy groups -OCH3 is 1. The van der Waals surface area contributed by atoms with Crippen LogP contribution in [0.1, 0.15) is 59.9 Å². The van der Waals surface area contributed by atoms with Gasteiger partial charge in [0.1, 0.15) is 18.5 Å². The van der Waals surface area contributed by atoms with E-state index in [0.717, 1.165) is 10.3 Å².